The summed E-state index contributed by atoms with van der Waals surface area (Å²) in [5.41, 5.74) is 0. The number of nitrogens with one attached hydrogen (secondary N) is 1. The zero-order valence-corrected chi connectivity index (χ0v) is 11.3. The van der Waals surface area contributed by atoms with Gasteiger partial charge >= 0.3 is 0 Å². The molecular weight excluding hydrogens is 214 g/mol. The van der Waals surface area contributed by atoms with E-state index in [1.165, 1.54) is 45.6 Å². The lowest BCUT2D eigenvalue weighted by Gasteiger charge is -2.29. The number of ether oxygens (including phenoxy) is 1. The molecule has 2 atom stereocenters. The standard InChI is InChI=1S/C13H27N3O/c1-14-13(12-4-9-17-11-12)10-16-6-3-5-15(2)7-8-16/h12-14H,3-11H2,1-2H3. The van der Waals surface area contributed by atoms with E-state index in [0.717, 1.165) is 13.2 Å². The van der Waals surface area contributed by atoms with Crippen molar-refractivity contribution in [2.75, 3.05) is 60.0 Å². The summed E-state index contributed by atoms with van der Waals surface area (Å²) in [7, 11) is 4.32. The first kappa shape index (κ1) is 13.3. The summed E-state index contributed by atoms with van der Waals surface area (Å²) in [4.78, 5) is 5.05. The first-order chi connectivity index (χ1) is 8.29. The van der Waals surface area contributed by atoms with E-state index in [2.05, 4.69) is 29.2 Å². The van der Waals surface area contributed by atoms with Crippen molar-refractivity contribution in [3.8, 4) is 0 Å². The van der Waals surface area contributed by atoms with Crippen LogP contribution in [-0.2, 0) is 4.74 Å². The molecule has 0 spiro atoms. The molecule has 2 unspecified atom stereocenters. The van der Waals surface area contributed by atoms with Gasteiger partial charge in [0.1, 0.15) is 0 Å². The molecule has 0 radical (unpaired) electrons. The molecule has 2 fully saturated rings. The van der Waals surface area contributed by atoms with E-state index in [0.29, 0.717) is 12.0 Å². The third-order valence-electron chi connectivity index (χ3n) is 4.17. The molecule has 2 saturated heterocycles. The van der Waals surface area contributed by atoms with E-state index in [1.807, 2.05) is 0 Å². The molecule has 0 bridgehead atoms. The Kier molecular flexibility index (Phi) is 5.22. The fourth-order valence-corrected chi connectivity index (χ4v) is 2.91. The monoisotopic (exact) mass is 241 g/mol. The van der Waals surface area contributed by atoms with E-state index in [-0.39, 0.29) is 0 Å². The minimum absolute atomic E-state index is 0.598. The number of hydrogen-bond donors (Lipinski definition) is 1. The predicted octanol–water partition coefficient (Wildman–Crippen LogP) is 0.248. The van der Waals surface area contributed by atoms with Crippen LogP contribution in [0.1, 0.15) is 12.8 Å². The van der Waals surface area contributed by atoms with Crippen molar-refractivity contribution in [1.29, 1.82) is 0 Å². The Morgan fingerprint density at radius 2 is 2.18 bits per heavy atom. The van der Waals surface area contributed by atoms with Gasteiger partial charge in [0.15, 0.2) is 0 Å². The number of rotatable bonds is 4. The van der Waals surface area contributed by atoms with Gasteiger partial charge in [0.05, 0.1) is 6.61 Å². The molecule has 2 rings (SSSR count). The van der Waals surface area contributed by atoms with Gasteiger partial charge in [-0.15, -0.1) is 0 Å². The summed E-state index contributed by atoms with van der Waals surface area (Å²) >= 11 is 0. The zero-order valence-electron chi connectivity index (χ0n) is 11.3. The van der Waals surface area contributed by atoms with Crippen LogP contribution in [0.25, 0.3) is 0 Å². The minimum atomic E-state index is 0.598. The molecule has 4 nitrogen and oxygen atoms in total. The van der Waals surface area contributed by atoms with Crippen molar-refractivity contribution < 1.29 is 4.74 Å². The molecule has 2 heterocycles. The average molecular weight is 241 g/mol. The average Bonchev–Trinajstić information content (AvgIpc) is 2.78. The molecule has 0 aromatic carbocycles. The molecule has 2 aliphatic rings. The van der Waals surface area contributed by atoms with Crippen LogP contribution in [0.5, 0.6) is 0 Å². The minimum Gasteiger partial charge on any atom is -0.381 e. The van der Waals surface area contributed by atoms with Crippen LogP contribution in [0.3, 0.4) is 0 Å². The van der Waals surface area contributed by atoms with Gasteiger partial charge in [0.2, 0.25) is 0 Å². The second-order valence-corrected chi connectivity index (χ2v) is 5.48. The van der Waals surface area contributed by atoms with Crippen LogP contribution in [0.15, 0.2) is 0 Å². The molecule has 0 amide bonds. The first-order valence-corrected chi connectivity index (χ1v) is 6.95. The fourth-order valence-electron chi connectivity index (χ4n) is 2.91. The molecular formula is C13H27N3O. The zero-order chi connectivity index (χ0) is 12.1. The summed E-state index contributed by atoms with van der Waals surface area (Å²) in [5, 5.41) is 3.49. The normalized spacial score (nSPS) is 30.4. The highest BCUT2D eigenvalue weighted by molar-refractivity contribution is 4.82. The molecule has 2 aliphatic heterocycles. The highest BCUT2D eigenvalue weighted by Gasteiger charge is 2.26. The van der Waals surface area contributed by atoms with Gasteiger partial charge in [0, 0.05) is 38.2 Å². The lowest BCUT2D eigenvalue weighted by Crippen LogP contribution is -2.45. The maximum atomic E-state index is 5.50. The summed E-state index contributed by atoms with van der Waals surface area (Å²) in [6.07, 6.45) is 2.52. The molecule has 4 heteroatoms. The largest absolute Gasteiger partial charge is 0.381 e. The third-order valence-corrected chi connectivity index (χ3v) is 4.17. The van der Waals surface area contributed by atoms with Gasteiger partial charge in [-0.1, -0.05) is 0 Å². The summed E-state index contributed by atoms with van der Waals surface area (Å²) < 4.78 is 5.50. The van der Waals surface area contributed by atoms with Gasteiger partial charge in [-0.05, 0) is 40.0 Å². The van der Waals surface area contributed by atoms with Crippen LogP contribution in [0, 0.1) is 5.92 Å². The molecule has 0 aromatic rings. The van der Waals surface area contributed by atoms with Crippen molar-refractivity contribution >= 4 is 0 Å². The Bertz CT molecular complexity index is 219. The predicted molar refractivity (Wildman–Crippen MR) is 70.3 cm³/mol. The number of likely N-dealkylation sites (N-methyl/N-ethyl adjacent to an activating group) is 2. The summed E-state index contributed by atoms with van der Waals surface area (Å²) in [6, 6.07) is 0.598. The SMILES string of the molecule is CNC(CN1CCCN(C)CC1)C1CCOC1. The number of nitrogens with zero attached hydrogens (tertiary/aromatic N) is 2. The van der Waals surface area contributed by atoms with E-state index in [9.17, 15) is 0 Å². The van der Waals surface area contributed by atoms with E-state index in [1.54, 1.807) is 0 Å². The Balaban J connectivity index is 1.80. The molecule has 0 aliphatic carbocycles. The Morgan fingerprint density at radius 3 is 2.88 bits per heavy atom. The topological polar surface area (TPSA) is 27.7 Å². The lowest BCUT2D eigenvalue weighted by atomic mass is 9.98. The van der Waals surface area contributed by atoms with Gasteiger partial charge < -0.3 is 19.9 Å². The maximum absolute atomic E-state index is 5.50. The molecule has 0 saturated carbocycles. The van der Waals surface area contributed by atoms with Crippen LogP contribution in [-0.4, -0.2) is 75.9 Å². The molecule has 100 valence electrons. The lowest BCUT2D eigenvalue weighted by molar-refractivity contribution is 0.164. The van der Waals surface area contributed by atoms with E-state index < -0.39 is 0 Å². The smallest absolute Gasteiger partial charge is 0.0510 e. The van der Waals surface area contributed by atoms with E-state index in [4.69, 9.17) is 4.74 Å². The van der Waals surface area contributed by atoms with Gasteiger partial charge in [-0.3, -0.25) is 0 Å². The van der Waals surface area contributed by atoms with E-state index >= 15 is 0 Å². The van der Waals surface area contributed by atoms with Crippen molar-refractivity contribution in [3.63, 3.8) is 0 Å². The van der Waals surface area contributed by atoms with Gasteiger partial charge in [0.25, 0.3) is 0 Å². The number of hydrogen-bond acceptors (Lipinski definition) is 4. The third kappa shape index (κ3) is 3.91. The Morgan fingerprint density at radius 1 is 1.29 bits per heavy atom. The maximum Gasteiger partial charge on any atom is 0.0510 e. The van der Waals surface area contributed by atoms with Crippen LogP contribution >= 0.6 is 0 Å². The molecule has 17 heavy (non-hydrogen) atoms. The highest BCUT2D eigenvalue weighted by atomic mass is 16.5. The second kappa shape index (κ2) is 6.69. The van der Waals surface area contributed by atoms with Crippen molar-refractivity contribution in [2.24, 2.45) is 5.92 Å². The van der Waals surface area contributed by atoms with Crippen molar-refractivity contribution in [2.45, 2.75) is 18.9 Å². The molecule has 1 N–H and O–H groups in total. The Labute approximate surface area is 105 Å². The first-order valence-electron chi connectivity index (χ1n) is 6.95. The summed E-state index contributed by atoms with van der Waals surface area (Å²) in [6.45, 7) is 7.98. The fraction of sp³-hybridized carbons (Fsp3) is 1.00. The quantitative estimate of drug-likeness (QED) is 0.763. The highest BCUT2D eigenvalue weighted by Crippen LogP contribution is 2.17. The van der Waals surface area contributed by atoms with Crippen LogP contribution in [0.2, 0.25) is 0 Å². The Hall–Kier alpha value is -0.160. The van der Waals surface area contributed by atoms with Gasteiger partial charge in [-0.2, -0.15) is 0 Å². The van der Waals surface area contributed by atoms with Crippen molar-refractivity contribution in [3.05, 3.63) is 0 Å². The van der Waals surface area contributed by atoms with Crippen LogP contribution in [0.4, 0.5) is 0 Å². The van der Waals surface area contributed by atoms with Crippen molar-refractivity contribution in [1.82, 2.24) is 15.1 Å². The summed E-state index contributed by atoms with van der Waals surface area (Å²) in [5.74, 6) is 0.709. The van der Waals surface area contributed by atoms with Crippen LogP contribution < -0.4 is 5.32 Å². The second-order valence-electron chi connectivity index (χ2n) is 5.48. The van der Waals surface area contributed by atoms with Gasteiger partial charge in [-0.25, -0.2) is 0 Å². The molecule has 0 aromatic heterocycles.